The minimum atomic E-state index is 0.493. The van der Waals surface area contributed by atoms with Crippen LogP contribution in [0.5, 0.6) is 0 Å². The SMILES string of the molecule is O=Cc1ccc(Cl)cc1-c1ncccc1Cl. The number of carbonyl (C=O) groups is 1. The summed E-state index contributed by atoms with van der Waals surface area (Å²) in [4.78, 5) is 15.1. The molecule has 4 heteroatoms. The van der Waals surface area contributed by atoms with Crippen molar-refractivity contribution >= 4 is 29.5 Å². The summed E-state index contributed by atoms with van der Waals surface area (Å²) >= 11 is 11.9. The molecule has 2 aromatic rings. The van der Waals surface area contributed by atoms with Crippen molar-refractivity contribution in [1.29, 1.82) is 0 Å². The molecule has 1 aromatic heterocycles. The standard InChI is InChI=1S/C12H7Cl2NO/c13-9-4-3-8(7-16)10(6-9)12-11(14)2-1-5-15-12/h1-7H. The molecule has 0 aliphatic carbocycles. The fraction of sp³-hybridized carbons (Fsp3) is 0. The number of hydrogen-bond donors (Lipinski definition) is 0. The van der Waals surface area contributed by atoms with E-state index in [4.69, 9.17) is 23.2 Å². The lowest BCUT2D eigenvalue weighted by molar-refractivity contribution is 0.112. The molecule has 0 aliphatic heterocycles. The maximum atomic E-state index is 10.9. The van der Waals surface area contributed by atoms with Gasteiger partial charge in [0.05, 0.1) is 10.7 Å². The molecule has 1 heterocycles. The lowest BCUT2D eigenvalue weighted by Gasteiger charge is -2.06. The summed E-state index contributed by atoms with van der Waals surface area (Å²) in [5.74, 6) is 0. The predicted molar refractivity (Wildman–Crippen MR) is 65.1 cm³/mol. The van der Waals surface area contributed by atoms with E-state index < -0.39 is 0 Å². The summed E-state index contributed by atoms with van der Waals surface area (Å²) in [6.07, 6.45) is 2.38. The van der Waals surface area contributed by atoms with Gasteiger partial charge in [0.25, 0.3) is 0 Å². The Morgan fingerprint density at radius 1 is 1.19 bits per heavy atom. The number of pyridine rings is 1. The Hall–Kier alpha value is -1.38. The third kappa shape index (κ3) is 2.08. The van der Waals surface area contributed by atoms with Crippen LogP contribution in [0.15, 0.2) is 36.5 Å². The first-order valence-corrected chi connectivity index (χ1v) is 5.33. The minimum Gasteiger partial charge on any atom is -0.298 e. The number of halogens is 2. The number of aromatic nitrogens is 1. The molecule has 0 saturated heterocycles. The van der Waals surface area contributed by atoms with Crippen LogP contribution in [0.25, 0.3) is 11.3 Å². The average Bonchev–Trinajstić information content (AvgIpc) is 2.29. The van der Waals surface area contributed by atoms with Gasteiger partial charge in [0, 0.05) is 22.3 Å². The number of aldehydes is 1. The Morgan fingerprint density at radius 3 is 2.69 bits per heavy atom. The van der Waals surface area contributed by atoms with Gasteiger partial charge in [-0.2, -0.15) is 0 Å². The molecule has 16 heavy (non-hydrogen) atoms. The molecule has 0 atom stereocenters. The number of rotatable bonds is 2. The van der Waals surface area contributed by atoms with Crippen molar-refractivity contribution in [2.45, 2.75) is 0 Å². The molecule has 2 nitrogen and oxygen atoms in total. The highest BCUT2D eigenvalue weighted by molar-refractivity contribution is 6.33. The normalized spacial score (nSPS) is 10.1. The minimum absolute atomic E-state index is 0.493. The summed E-state index contributed by atoms with van der Waals surface area (Å²) in [6.45, 7) is 0. The highest BCUT2D eigenvalue weighted by atomic mass is 35.5. The zero-order valence-corrected chi connectivity index (χ0v) is 9.66. The van der Waals surface area contributed by atoms with Crippen LogP contribution < -0.4 is 0 Å². The van der Waals surface area contributed by atoms with Crippen molar-refractivity contribution in [1.82, 2.24) is 4.98 Å². The van der Waals surface area contributed by atoms with Crippen LogP contribution in [-0.4, -0.2) is 11.3 Å². The summed E-state index contributed by atoms with van der Waals surface area (Å²) in [5.41, 5.74) is 1.73. The number of nitrogens with zero attached hydrogens (tertiary/aromatic N) is 1. The molecule has 0 fully saturated rings. The molecule has 0 spiro atoms. The lowest BCUT2D eigenvalue weighted by atomic mass is 10.1. The first-order chi connectivity index (χ1) is 7.72. The van der Waals surface area contributed by atoms with E-state index in [0.717, 1.165) is 6.29 Å². The quantitative estimate of drug-likeness (QED) is 0.759. The van der Waals surface area contributed by atoms with Gasteiger partial charge in [-0.05, 0) is 30.3 Å². The third-order valence-electron chi connectivity index (χ3n) is 2.16. The Morgan fingerprint density at radius 2 is 2.00 bits per heavy atom. The molecule has 0 N–H and O–H groups in total. The zero-order chi connectivity index (χ0) is 11.5. The van der Waals surface area contributed by atoms with Gasteiger partial charge >= 0.3 is 0 Å². The van der Waals surface area contributed by atoms with E-state index >= 15 is 0 Å². The summed E-state index contributed by atoms with van der Waals surface area (Å²) in [5, 5.41) is 1.04. The molecular weight excluding hydrogens is 245 g/mol. The van der Waals surface area contributed by atoms with Crippen molar-refractivity contribution in [2.24, 2.45) is 0 Å². The first-order valence-electron chi connectivity index (χ1n) is 4.58. The molecular formula is C12H7Cl2NO. The smallest absolute Gasteiger partial charge is 0.150 e. The van der Waals surface area contributed by atoms with E-state index in [1.807, 2.05) is 0 Å². The van der Waals surface area contributed by atoms with E-state index in [0.29, 0.717) is 26.9 Å². The van der Waals surface area contributed by atoms with Crippen LogP contribution >= 0.6 is 23.2 Å². The van der Waals surface area contributed by atoms with E-state index in [1.54, 1.807) is 36.5 Å². The maximum Gasteiger partial charge on any atom is 0.150 e. The predicted octanol–water partition coefficient (Wildman–Crippen LogP) is 3.87. The fourth-order valence-electron chi connectivity index (χ4n) is 1.42. The fourth-order valence-corrected chi connectivity index (χ4v) is 1.82. The van der Waals surface area contributed by atoms with Gasteiger partial charge in [0.2, 0.25) is 0 Å². The first kappa shape index (κ1) is 11.1. The monoisotopic (exact) mass is 251 g/mol. The summed E-state index contributed by atoms with van der Waals surface area (Å²) in [7, 11) is 0. The van der Waals surface area contributed by atoms with Crippen molar-refractivity contribution < 1.29 is 4.79 Å². The molecule has 0 saturated carbocycles. The molecule has 0 aliphatic rings. The topological polar surface area (TPSA) is 30.0 Å². The van der Waals surface area contributed by atoms with Gasteiger partial charge in [-0.3, -0.25) is 9.78 Å². The molecule has 0 amide bonds. The average molecular weight is 252 g/mol. The van der Waals surface area contributed by atoms with Crippen LogP contribution in [0, 0.1) is 0 Å². The summed E-state index contributed by atoms with van der Waals surface area (Å²) < 4.78 is 0. The third-order valence-corrected chi connectivity index (χ3v) is 2.70. The Balaban J connectivity index is 2.67. The Bertz CT molecular complexity index is 540. The second-order valence-electron chi connectivity index (χ2n) is 3.18. The van der Waals surface area contributed by atoms with Crippen molar-refractivity contribution in [3.05, 3.63) is 52.1 Å². The number of carbonyl (C=O) groups excluding carboxylic acids is 1. The maximum absolute atomic E-state index is 10.9. The van der Waals surface area contributed by atoms with Gasteiger partial charge in [-0.25, -0.2) is 0 Å². The molecule has 0 radical (unpaired) electrons. The zero-order valence-electron chi connectivity index (χ0n) is 8.15. The number of hydrogen-bond acceptors (Lipinski definition) is 2. The second kappa shape index (κ2) is 4.64. The van der Waals surface area contributed by atoms with Gasteiger partial charge < -0.3 is 0 Å². The largest absolute Gasteiger partial charge is 0.298 e. The highest BCUT2D eigenvalue weighted by Crippen LogP contribution is 2.29. The van der Waals surface area contributed by atoms with Gasteiger partial charge in [0.15, 0.2) is 6.29 Å². The highest BCUT2D eigenvalue weighted by Gasteiger charge is 2.09. The van der Waals surface area contributed by atoms with Crippen molar-refractivity contribution in [2.75, 3.05) is 0 Å². The van der Waals surface area contributed by atoms with E-state index in [2.05, 4.69) is 4.98 Å². The lowest BCUT2D eigenvalue weighted by Crippen LogP contribution is -1.90. The van der Waals surface area contributed by atoms with E-state index in [9.17, 15) is 4.79 Å². The second-order valence-corrected chi connectivity index (χ2v) is 4.03. The van der Waals surface area contributed by atoms with Crippen molar-refractivity contribution in [3.63, 3.8) is 0 Å². The Labute approximate surface area is 103 Å². The van der Waals surface area contributed by atoms with Crippen LogP contribution in [-0.2, 0) is 0 Å². The van der Waals surface area contributed by atoms with Crippen LogP contribution in [0.2, 0.25) is 10.0 Å². The van der Waals surface area contributed by atoms with E-state index in [1.165, 1.54) is 0 Å². The number of benzene rings is 1. The van der Waals surface area contributed by atoms with Crippen LogP contribution in [0.3, 0.4) is 0 Å². The summed E-state index contributed by atoms with van der Waals surface area (Å²) in [6, 6.07) is 8.44. The Kier molecular flexibility index (Phi) is 3.22. The van der Waals surface area contributed by atoms with E-state index in [-0.39, 0.29) is 0 Å². The van der Waals surface area contributed by atoms with Crippen molar-refractivity contribution in [3.8, 4) is 11.3 Å². The molecule has 2 rings (SSSR count). The molecule has 80 valence electrons. The molecule has 0 bridgehead atoms. The molecule has 0 unspecified atom stereocenters. The van der Waals surface area contributed by atoms with Crippen LogP contribution in [0.1, 0.15) is 10.4 Å². The van der Waals surface area contributed by atoms with Gasteiger partial charge in [-0.1, -0.05) is 23.2 Å². The molecule has 1 aromatic carbocycles. The van der Waals surface area contributed by atoms with Gasteiger partial charge in [0.1, 0.15) is 0 Å². The van der Waals surface area contributed by atoms with Crippen LogP contribution in [0.4, 0.5) is 0 Å². The van der Waals surface area contributed by atoms with Gasteiger partial charge in [-0.15, -0.1) is 0 Å².